The van der Waals surface area contributed by atoms with Crippen molar-refractivity contribution in [3.8, 4) is 5.75 Å². The van der Waals surface area contributed by atoms with Crippen molar-refractivity contribution in [3.05, 3.63) is 28.8 Å². The number of phenolic OH excluding ortho intramolecular Hbond substituents is 1. The molecule has 0 aliphatic carbocycles. The number of aryl methyl sites for hydroxylation is 2. The van der Waals surface area contributed by atoms with Crippen LogP contribution in [0.4, 0.5) is 13.2 Å². The number of nitrogens with two attached hydrogens (primary N) is 1. The summed E-state index contributed by atoms with van der Waals surface area (Å²) >= 11 is 0. The second kappa shape index (κ2) is 4.93. The van der Waals surface area contributed by atoms with Gasteiger partial charge in [0, 0.05) is 0 Å². The zero-order valence-corrected chi connectivity index (χ0v) is 9.62. The van der Waals surface area contributed by atoms with Gasteiger partial charge in [0.25, 0.3) is 0 Å². The van der Waals surface area contributed by atoms with Gasteiger partial charge < -0.3 is 10.8 Å². The minimum absolute atomic E-state index is 0. The third kappa shape index (κ3) is 3.02. The molecule has 0 saturated carbocycles. The lowest BCUT2D eigenvalue weighted by atomic mass is 9.96. The van der Waals surface area contributed by atoms with Crippen LogP contribution in [0.2, 0.25) is 0 Å². The molecule has 0 spiro atoms. The predicted octanol–water partition coefficient (Wildman–Crippen LogP) is 2.99. The number of phenols is 1. The van der Waals surface area contributed by atoms with Gasteiger partial charge in [-0.25, -0.2) is 0 Å². The minimum Gasteiger partial charge on any atom is -0.508 e. The molecule has 0 radical (unpaired) electrons. The van der Waals surface area contributed by atoms with Crippen LogP contribution in [0, 0.1) is 13.8 Å². The van der Waals surface area contributed by atoms with E-state index in [1.807, 2.05) is 0 Å². The van der Waals surface area contributed by atoms with Crippen molar-refractivity contribution in [2.45, 2.75) is 26.1 Å². The zero-order valence-electron chi connectivity index (χ0n) is 8.80. The highest BCUT2D eigenvalue weighted by atomic mass is 35.5. The number of hydrogen-bond donors (Lipinski definition) is 2. The highest BCUT2D eigenvalue weighted by Crippen LogP contribution is 2.35. The molecule has 2 nitrogen and oxygen atoms in total. The third-order valence-corrected chi connectivity index (χ3v) is 2.24. The summed E-state index contributed by atoms with van der Waals surface area (Å²) in [4.78, 5) is 0. The van der Waals surface area contributed by atoms with E-state index in [2.05, 4.69) is 0 Å². The Morgan fingerprint density at radius 3 is 1.88 bits per heavy atom. The van der Waals surface area contributed by atoms with Gasteiger partial charge in [-0.3, -0.25) is 0 Å². The van der Waals surface area contributed by atoms with Crippen molar-refractivity contribution in [1.82, 2.24) is 0 Å². The summed E-state index contributed by atoms with van der Waals surface area (Å²) < 4.78 is 37.2. The van der Waals surface area contributed by atoms with E-state index in [0.29, 0.717) is 11.1 Å². The molecule has 0 aromatic heterocycles. The first kappa shape index (κ1) is 15.1. The Morgan fingerprint density at radius 1 is 1.19 bits per heavy atom. The molecular formula is C10H13ClF3NO. The van der Waals surface area contributed by atoms with Gasteiger partial charge in [0.2, 0.25) is 0 Å². The Kier molecular flexibility index (Phi) is 4.64. The van der Waals surface area contributed by atoms with Crippen molar-refractivity contribution in [2.75, 3.05) is 0 Å². The standard InChI is InChI=1S/C10H12F3NO.ClH/c1-5-3-7(15)4-6(2)8(5)9(14)10(11,12)13;/h3-4,9,15H,14H2,1-2H3;1H/t9-;/m0./s1. The van der Waals surface area contributed by atoms with Crippen LogP contribution >= 0.6 is 12.4 Å². The monoisotopic (exact) mass is 255 g/mol. The van der Waals surface area contributed by atoms with Crippen LogP contribution in [0.25, 0.3) is 0 Å². The number of halogens is 4. The summed E-state index contributed by atoms with van der Waals surface area (Å²) in [6, 6.07) is 0.542. The summed E-state index contributed by atoms with van der Waals surface area (Å²) in [5.41, 5.74) is 5.83. The average Bonchev–Trinajstić information content (AvgIpc) is 1.99. The fourth-order valence-electron chi connectivity index (χ4n) is 1.61. The molecule has 0 amide bonds. The van der Waals surface area contributed by atoms with E-state index < -0.39 is 12.2 Å². The summed E-state index contributed by atoms with van der Waals surface area (Å²) in [6.45, 7) is 2.99. The molecule has 16 heavy (non-hydrogen) atoms. The Bertz CT molecular complexity index is 356. The smallest absolute Gasteiger partial charge is 0.407 e. The van der Waals surface area contributed by atoms with Crippen molar-refractivity contribution in [3.63, 3.8) is 0 Å². The van der Waals surface area contributed by atoms with E-state index in [9.17, 15) is 18.3 Å². The van der Waals surface area contributed by atoms with E-state index in [-0.39, 0.29) is 23.7 Å². The lowest BCUT2D eigenvalue weighted by molar-refractivity contribution is -0.149. The average molecular weight is 256 g/mol. The number of aromatic hydroxyl groups is 1. The van der Waals surface area contributed by atoms with Crippen LogP contribution in [0.3, 0.4) is 0 Å². The molecule has 0 fully saturated rings. The zero-order chi connectivity index (χ0) is 11.8. The van der Waals surface area contributed by atoms with E-state index in [1.54, 1.807) is 0 Å². The number of benzene rings is 1. The lowest BCUT2D eigenvalue weighted by Gasteiger charge is -2.20. The maximum atomic E-state index is 12.4. The van der Waals surface area contributed by atoms with E-state index in [0.717, 1.165) is 0 Å². The molecule has 6 heteroatoms. The van der Waals surface area contributed by atoms with Crippen LogP contribution in [0.15, 0.2) is 12.1 Å². The molecule has 0 unspecified atom stereocenters. The Balaban J connectivity index is 0.00000225. The molecular weight excluding hydrogens is 243 g/mol. The molecule has 1 rings (SSSR count). The quantitative estimate of drug-likeness (QED) is 0.810. The second-order valence-electron chi connectivity index (χ2n) is 3.51. The topological polar surface area (TPSA) is 46.2 Å². The normalized spacial score (nSPS) is 13.1. The van der Waals surface area contributed by atoms with Gasteiger partial charge in [-0.05, 0) is 42.7 Å². The molecule has 1 aromatic rings. The van der Waals surface area contributed by atoms with Crippen LogP contribution in [-0.2, 0) is 0 Å². The molecule has 0 heterocycles. The van der Waals surface area contributed by atoms with Gasteiger partial charge in [0.05, 0.1) is 0 Å². The highest BCUT2D eigenvalue weighted by molar-refractivity contribution is 5.85. The predicted molar refractivity (Wildman–Crippen MR) is 57.8 cm³/mol. The van der Waals surface area contributed by atoms with E-state index >= 15 is 0 Å². The summed E-state index contributed by atoms with van der Waals surface area (Å²) in [7, 11) is 0. The van der Waals surface area contributed by atoms with Gasteiger partial charge >= 0.3 is 6.18 Å². The lowest BCUT2D eigenvalue weighted by Crippen LogP contribution is -2.29. The van der Waals surface area contributed by atoms with Crippen LogP contribution in [0.1, 0.15) is 22.7 Å². The summed E-state index contributed by atoms with van der Waals surface area (Å²) in [5, 5.41) is 9.18. The van der Waals surface area contributed by atoms with Gasteiger partial charge in [-0.15, -0.1) is 12.4 Å². The number of rotatable bonds is 1. The maximum Gasteiger partial charge on any atom is 0.407 e. The Labute approximate surface area is 97.7 Å². The van der Waals surface area contributed by atoms with Gasteiger partial charge in [0.1, 0.15) is 11.8 Å². The fraction of sp³-hybridized carbons (Fsp3) is 0.400. The van der Waals surface area contributed by atoms with Crippen LogP contribution < -0.4 is 5.73 Å². The first-order valence-electron chi connectivity index (χ1n) is 4.36. The van der Waals surface area contributed by atoms with E-state index in [1.165, 1.54) is 26.0 Å². The van der Waals surface area contributed by atoms with Gasteiger partial charge in [-0.2, -0.15) is 13.2 Å². The Hall–Kier alpha value is -0.940. The second-order valence-corrected chi connectivity index (χ2v) is 3.51. The molecule has 1 atom stereocenters. The van der Waals surface area contributed by atoms with Crippen molar-refractivity contribution >= 4 is 12.4 Å². The van der Waals surface area contributed by atoms with Crippen molar-refractivity contribution < 1.29 is 18.3 Å². The van der Waals surface area contributed by atoms with Crippen molar-refractivity contribution in [1.29, 1.82) is 0 Å². The molecule has 0 aliphatic rings. The molecule has 3 N–H and O–H groups in total. The molecule has 0 saturated heterocycles. The van der Waals surface area contributed by atoms with Gasteiger partial charge in [-0.1, -0.05) is 0 Å². The highest BCUT2D eigenvalue weighted by Gasteiger charge is 2.39. The summed E-state index contributed by atoms with van der Waals surface area (Å²) in [6.07, 6.45) is -4.47. The van der Waals surface area contributed by atoms with Crippen molar-refractivity contribution in [2.24, 2.45) is 5.73 Å². The summed E-state index contributed by atoms with van der Waals surface area (Å²) in [5.74, 6) is -0.0527. The molecule has 1 aromatic carbocycles. The third-order valence-electron chi connectivity index (χ3n) is 2.24. The molecule has 92 valence electrons. The fourth-order valence-corrected chi connectivity index (χ4v) is 1.61. The largest absolute Gasteiger partial charge is 0.508 e. The number of alkyl halides is 3. The first-order chi connectivity index (χ1) is 6.73. The Morgan fingerprint density at radius 2 is 1.56 bits per heavy atom. The maximum absolute atomic E-state index is 12.4. The van der Waals surface area contributed by atoms with Crippen LogP contribution in [0.5, 0.6) is 5.75 Å². The molecule has 0 aliphatic heterocycles. The SMILES string of the molecule is Cc1cc(O)cc(C)c1[C@H](N)C(F)(F)F.Cl. The van der Waals surface area contributed by atoms with E-state index in [4.69, 9.17) is 5.73 Å². The molecule has 0 bridgehead atoms. The first-order valence-corrected chi connectivity index (χ1v) is 4.36. The number of hydrogen-bond acceptors (Lipinski definition) is 2. The van der Waals surface area contributed by atoms with Crippen LogP contribution in [-0.4, -0.2) is 11.3 Å². The minimum atomic E-state index is -4.47. The van der Waals surface area contributed by atoms with Gasteiger partial charge in [0.15, 0.2) is 0 Å².